The van der Waals surface area contributed by atoms with Crippen LogP contribution in [0.25, 0.3) is 4.85 Å². The lowest BCUT2D eigenvalue weighted by Crippen LogP contribution is -2.39. The molecule has 1 aromatic heterocycles. The van der Waals surface area contributed by atoms with Gasteiger partial charge in [-0.1, -0.05) is 0 Å². The van der Waals surface area contributed by atoms with E-state index in [0.717, 1.165) is 10.7 Å². The van der Waals surface area contributed by atoms with Gasteiger partial charge in [-0.3, -0.25) is 4.68 Å². The van der Waals surface area contributed by atoms with Gasteiger partial charge in [0, 0.05) is 30.6 Å². The van der Waals surface area contributed by atoms with Gasteiger partial charge in [-0.05, 0) is 24.6 Å². The monoisotopic (exact) mass is 407 g/mol. The molecule has 29 heavy (non-hydrogen) atoms. The Morgan fingerprint density at radius 2 is 2.17 bits per heavy atom. The second-order valence-electron chi connectivity index (χ2n) is 7.18. The summed E-state index contributed by atoms with van der Waals surface area (Å²) in [5, 5.41) is 6.73. The van der Waals surface area contributed by atoms with Gasteiger partial charge < -0.3 is 10.2 Å². The number of rotatable bonds is 1. The fourth-order valence-corrected chi connectivity index (χ4v) is 3.76. The molecule has 2 amide bonds. The normalized spacial score (nSPS) is 20.2. The van der Waals surface area contributed by atoms with E-state index >= 15 is 0 Å². The molecular formula is C19H17F4N5O. The molecule has 2 aromatic rings. The number of hydrogen-bond acceptors (Lipinski definition) is 2. The average Bonchev–Trinajstić information content (AvgIpc) is 3.00. The summed E-state index contributed by atoms with van der Waals surface area (Å²) in [5.74, 6) is -3.92. The summed E-state index contributed by atoms with van der Waals surface area (Å²) in [6.45, 7) is 6.88. The maximum atomic E-state index is 14.6. The molecule has 1 N–H and O–H groups in total. The number of amides is 2. The number of carbonyl (C=O) groups excluding carboxylic acids is 1. The van der Waals surface area contributed by atoms with Crippen molar-refractivity contribution in [3.63, 3.8) is 0 Å². The number of aromatic nitrogens is 2. The fourth-order valence-electron chi connectivity index (χ4n) is 3.76. The van der Waals surface area contributed by atoms with Crippen LogP contribution in [0, 0.1) is 12.4 Å². The molecule has 6 nitrogen and oxygen atoms in total. The van der Waals surface area contributed by atoms with Gasteiger partial charge in [0.05, 0.1) is 25.4 Å². The van der Waals surface area contributed by atoms with Gasteiger partial charge in [-0.15, -0.1) is 0 Å². The van der Waals surface area contributed by atoms with Gasteiger partial charge >= 0.3 is 6.03 Å². The summed E-state index contributed by atoms with van der Waals surface area (Å²) in [4.78, 5) is 17.0. The largest absolute Gasteiger partial charge is 0.322 e. The predicted octanol–water partition coefficient (Wildman–Crippen LogP) is 4.39. The Bertz CT molecular complexity index is 1010. The third kappa shape index (κ3) is 3.52. The van der Waals surface area contributed by atoms with E-state index in [2.05, 4.69) is 15.3 Å². The number of fused-ring (bicyclic) bond motifs is 3. The van der Waals surface area contributed by atoms with Crippen molar-refractivity contribution in [3.8, 4) is 0 Å². The van der Waals surface area contributed by atoms with E-state index in [4.69, 9.17) is 6.57 Å². The lowest BCUT2D eigenvalue weighted by Gasteiger charge is -2.28. The third-order valence-electron chi connectivity index (χ3n) is 5.20. The SMILES string of the molecule is [C-]#[N+]c1cc(NC(=O)N2CCc3nn4c(c3C2)C(F)(F)CC[C@H](F)C4)ccc1F. The molecule has 3 heterocycles. The first-order valence-corrected chi connectivity index (χ1v) is 9.12. The average molecular weight is 407 g/mol. The van der Waals surface area contributed by atoms with Gasteiger partial charge in [0.1, 0.15) is 17.7 Å². The Hall–Kier alpha value is -3.09. The number of benzene rings is 1. The van der Waals surface area contributed by atoms with E-state index < -0.39 is 30.4 Å². The van der Waals surface area contributed by atoms with Crippen LogP contribution in [0.5, 0.6) is 0 Å². The smallest absolute Gasteiger partial charge is 0.320 e. The second kappa shape index (κ2) is 7.06. The molecule has 0 unspecified atom stereocenters. The van der Waals surface area contributed by atoms with Gasteiger partial charge in [0.15, 0.2) is 0 Å². The minimum Gasteiger partial charge on any atom is -0.320 e. The number of hydrogen-bond donors (Lipinski definition) is 1. The molecule has 152 valence electrons. The highest BCUT2D eigenvalue weighted by molar-refractivity contribution is 5.90. The van der Waals surface area contributed by atoms with Crippen molar-refractivity contribution in [2.45, 2.75) is 44.4 Å². The van der Waals surface area contributed by atoms with Gasteiger partial charge in [-0.25, -0.2) is 18.4 Å². The van der Waals surface area contributed by atoms with Crippen molar-refractivity contribution < 1.29 is 22.4 Å². The number of halogens is 4. The lowest BCUT2D eigenvalue weighted by molar-refractivity contribution is -0.0224. The molecule has 0 bridgehead atoms. The number of urea groups is 1. The maximum absolute atomic E-state index is 14.6. The summed E-state index contributed by atoms with van der Waals surface area (Å²) in [5.41, 5.74) is 0.391. The van der Waals surface area contributed by atoms with Crippen LogP contribution in [0.15, 0.2) is 18.2 Å². The van der Waals surface area contributed by atoms with Crippen LogP contribution in [-0.4, -0.2) is 33.4 Å². The summed E-state index contributed by atoms with van der Waals surface area (Å²) in [6, 6.07) is 3.04. The number of carbonyl (C=O) groups is 1. The standard InChI is InChI=1S/C19H17F4N5O/c1-24-16-8-12(2-3-14(16)21)25-18(29)27-7-5-15-13(10-27)17-19(22,23)6-4-11(20)9-28(17)26-15/h2-3,8,11H,4-7,9-10H2,(H,25,29)/t11-/m0/s1. The molecule has 0 aliphatic carbocycles. The first kappa shape index (κ1) is 19.2. The minimum absolute atomic E-state index is 0.0834. The first-order chi connectivity index (χ1) is 13.8. The topological polar surface area (TPSA) is 54.5 Å². The van der Waals surface area contributed by atoms with Crippen LogP contribution in [0.4, 0.5) is 33.7 Å². The van der Waals surface area contributed by atoms with E-state index in [1.807, 2.05) is 0 Å². The van der Waals surface area contributed by atoms with Crippen molar-refractivity contribution in [2.24, 2.45) is 0 Å². The van der Waals surface area contributed by atoms with E-state index in [9.17, 15) is 22.4 Å². The quantitative estimate of drug-likeness (QED) is 0.563. The molecule has 0 saturated heterocycles. The molecule has 0 spiro atoms. The lowest BCUT2D eigenvalue weighted by atomic mass is 10.00. The van der Waals surface area contributed by atoms with Crippen LogP contribution in [0.1, 0.15) is 29.8 Å². The summed E-state index contributed by atoms with van der Waals surface area (Å²) >= 11 is 0. The number of nitrogens with zero attached hydrogens (tertiary/aromatic N) is 4. The van der Waals surface area contributed by atoms with Crippen LogP contribution >= 0.6 is 0 Å². The zero-order chi connectivity index (χ0) is 20.8. The number of nitrogens with one attached hydrogen (secondary N) is 1. The number of alkyl halides is 3. The van der Waals surface area contributed by atoms with E-state index in [1.165, 1.54) is 17.0 Å². The van der Waals surface area contributed by atoms with E-state index in [-0.39, 0.29) is 55.1 Å². The molecule has 0 fully saturated rings. The Morgan fingerprint density at radius 3 is 2.93 bits per heavy atom. The predicted molar refractivity (Wildman–Crippen MR) is 96.0 cm³/mol. The fraction of sp³-hybridized carbons (Fsp3) is 0.421. The summed E-state index contributed by atoms with van der Waals surface area (Å²) in [6.07, 6.45) is -1.97. The van der Waals surface area contributed by atoms with Crippen LogP contribution in [-0.2, 0) is 25.4 Å². The molecule has 2 aliphatic heterocycles. The maximum Gasteiger partial charge on any atom is 0.322 e. The zero-order valence-electron chi connectivity index (χ0n) is 15.3. The van der Waals surface area contributed by atoms with Crippen LogP contribution < -0.4 is 5.32 Å². The Kier molecular flexibility index (Phi) is 4.68. The van der Waals surface area contributed by atoms with E-state index in [0.29, 0.717) is 5.69 Å². The Labute approximate surface area is 163 Å². The van der Waals surface area contributed by atoms with Crippen LogP contribution in [0.2, 0.25) is 0 Å². The minimum atomic E-state index is -3.22. The number of anilines is 1. The summed E-state index contributed by atoms with van der Waals surface area (Å²) in [7, 11) is 0. The van der Waals surface area contributed by atoms with Gasteiger partial charge in [0.2, 0.25) is 5.69 Å². The van der Waals surface area contributed by atoms with Crippen molar-refractivity contribution in [3.05, 3.63) is 52.4 Å². The highest BCUT2D eigenvalue weighted by atomic mass is 19.3. The van der Waals surface area contributed by atoms with Crippen molar-refractivity contribution in [2.75, 3.05) is 11.9 Å². The van der Waals surface area contributed by atoms with Crippen molar-refractivity contribution >= 4 is 17.4 Å². The van der Waals surface area contributed by atoms with Gasteiger partial charge in [-0.2, -0.15) is 13.9 Å². The highest BCUT2D eigenvalue weighted by Gasteiger charge is 2.43. The summed E-state index contributed by atoms with van der Waals surface area (Å²) < 4.78 is 57.6. The van der Waals surface area contributed by atoms with Crippen LogP contribution in [0.3, 0.4) is 0 Å². The molecule has 2 aliphatic rings. The molecular weight excluding hydrogens is 390 g/mol. The molecule has 4 rings (SSSR count). The molecule has 0 saturated carbocycles. The van der Waals surface area contributed by atoms with Crippen molar-refractivity contribution in [1.82, 2.24) is 14.7 Å². The Balaban J connectivity index is 1.57. The first-order valence-electron chi connectivity index (χ1n) is 9.12. The molecule has 10 heteroatoms. The molecule has 0 radical (unpaired) electrons. The van der Waals surface area contributed by atoms with Gasteiger partial charge in [0.25, 0.3) is 5.92 Å². The van der Waals surface area contributed by atoms with Crippen molar-refractivity contribution in [1.29, 1.82) is 0 Å². The second-order valence-corrected chi connectivity index (χ2v) is 7.18. The Morgan fingerprint density at radius 1 is 1.38 bits per heavy atom. The third-order valence-corrected chi connectivity index (χ3v) is 5.20. The van der Waals surface area contributed by atoms with E-state index in [1.54, 1.807) is 0 Å². The molecule has 1 aromatic carbocycles. The molecule has 1 atom stereocenters. The zero-order valence-corrected chi connectivity index (χ0v) is 15.3. The highest BCUT2D eigenvalue weighted by Crippen LogP contribution is 2.41.